The van der Waals surface area contributed by atoms with Crippen LogP contribution in [0.4, 0.5) is 4.79 Å². The second-order valence-electron chi connectivity index (χ2n) is 3.42. The van der Waals surface area contributed by atoms with Crippen LogP contribution >= 0.6 is 0 Å². The first-order valence-electron chi connectivity index (χ1n) is 4.80. The lowest BCUT2D eigenvalue weighted by Crippen LogP contribution is -2.38. The summed E-state index contributed by atoms with van der Waals surface area (Å²) in [7, 11) is 0. The number of aliphatic hydroxyl groups is 1. The predicted molar refractivity (Wildman–Crippen MR) is 48.5 cm³/mol. The van der Waals surface area contributed by atoms with E-state index >= 15 is 0 Å². The van der Waals surface area contributed by atoms with Crippen LogP contribution in [0.3, 0.4) is 0 Å². The Balaban J connectivity index is 2.29. The molecule has 1 amide bonds. The van der Waals surface area contributed by atoms with Crippen LogP contribution in [0.5, 0.6) is 0 Å². The van der Waals surface area contributed by atoms with Crippen LogP contribution in [0.2, 0.25) is 0 Å². The van der Waals surface area contributed by atoms with Crippen molar-refractivity contribution in [3.05, 3.63) is 0 Å². The van der Waals surface area contributed by atoms with Gasteiger partial charge in [0.25, 0.3) is 0 Å². The normalized spacial score (nSPS) is 19.7. The molecule has 0 bridgehead atoms. The molecule has 1 saturated heterocycles. The van der Waals surface area contributed by atoms with Crippen molar-refractivity contribution < 1.29 is 14.6 Å². The quantitative estimate of drug-likeness (QED) is 0.701. The Morgan fingerprint density at radius 3 is 2.62 bits per heavy atom. The molecule has 1 fully saturated rings. The van der Waals surface area contributed by atoms with Gasteiger partial charge in [-0.2, -0.15) is 0 Å². The Kier molecular flexibility index (Phi) is 4.02. The molecule has 1 aliphatic rings. The summed E-state index contributed by atoms with van der Waals surface area (Å²) in [6.07, 6.45) is 2.63. The molecule has 1 unspecified atom stereocenters. The third-order valence-corrected chi connectivity index (χ3v) is 2.17. The van der Waals surface area contributed by atoms with Gasteiger partial charge in [0.1, 0.15) is 6.10 Å². The molecule has 0 saturated carbocycles. The molecule has 76 valence electrons. The lowest BCUT2D eigenvalue weighted by atomic mass is 10.1. The Morgan fingerprint density at radius 2 is 2.08 bits per heavy atom. The van der Waals surface area contributed by atoms with Gasteiger partial charge in [-0.3, -0.25) is 0 Å². The number of hydrogen-bond donors (Lipinski definition) is 1. The number of piperidine rings is 1. The van der Waals surface area contributed by atoms with Crippen molar-refractivity contribution >= 4 is 6.09 Å². The average molecular weight is 187 g/mol. The topological polar surface area (TPSA) is 49.8 Å². The average Bonchev–Trinajstić information content (AvgIpc) is 2.19. The number of likely N-dealkylation sites (tertiary alicyclic amines) is 1. The van der Waals surface area contributed by atoms with E-state index in [0.29, 0.717) is 0 Å². The van der Waals surface area contributed by atoms with E-state index in [-0.39, 0.29) is 12.7 Å². The molecule has 0 radical (unpaired) electrons. The van der Waals surface area contributed by atoms with E-state index < -0.39 is 6.10 Å². The largest absolute Gasteiger partial charge is 0.444 e. The third kappa shape index (κ3) is 3.22. The summed E-state index contributed by atoms with van der Waals surface area (Å²) >= 11 is 0. The standard InChI is InChI=1S/C9H17NO3/c1-8(7-11)13-9(12)10-5-3-2-4-6-10/h8,11H,2-7H2,1H3. The molecule has 1 rings (SSSR count). The molecule has 1 atom stereocenters. The highest BCUT2D eigenvalue weighted by Gasteiger charge is 2.19. The number of ether oxygens (including phenoxy) is 1. The van der Waals surface area contributed by atoms with Gasteiger partial charge in [-0.15, -0.1) is 0 Å². The Labute approximate surface area is 78.5 Å². The van der Waals surface area contributed by atoms with Gasteiger partial charge in [0.2, 0.25) is 0 Å². The molecule has 0 aromatic heterocycles. The number of hydrogen-bond acceptors (Lipinski definition) is 3. The van der Waals surface area contributed by atoms with E-state index in [1.807, 2.05) is 0 Å². The van der Waals surface area contributed by atoms with Crippen LogP contribution in [0.25, 0.3) is 0 Å². The van der Waals surface area contributed by atoms with Crippen LogP contribution in [0.15, 0.2) is 0 Å². The van der Waals surface area contributed by atoms with Crippen LogP contribution < -0.4 is 0 Å². The molecular formula is C9H17NO3. The molecule has 0 aliphatic carbocycles. The number of nitrogens with zero attached hydrogens (tertiary/aromatic N) is 1. The van der Waals surface area contributed by atoms with E-state index in [4.69, 9.17) is 9.84 Å². The van der Waals surface area contributed by atoms with Gasteiger partial charge in [-0.1, -0.05) is 0 Å². The fraction of sp³-hybridized carbons (Fsp3) is 0.889. The highest BCUT2D eigenvalue weighted by atomic mass is 16.6. The van der Waals surface area contributed by atoms with Crippen molar-refractivity contribution in [1.82, 2.24) is 4.90 Å². The van der Waals surface area contributed by atoms with Gasteiger partial charge in [-0.25, -0.2) is 4.79 Å². The van der Waals surface area contributed by atoms with E-state index in [1.165, 1.54) is 6.42 Å². The number of amides is 1. The summed E-state index contributed by atoms with van der Waals surface area (Å²) < 4.78 is 4.98. The lowest BCUT2D eigenvalue weighted by molar-refractivity contribution is 0.0384. The minimum atomic E-state index is -0.394. The van der Waals surface area contributed by atoms with Gasteiger partial charge in [0.15, 0.2) is 0 Å². The van der Waals surface area contributed by atoms with E-state index in [0.717, 1.165) is 25.9 Å². The maximum Gasteiger partial charge on any atom is 0.410 e. The molecule has 4 heteroatoms. The molecule has 0 spiro atoms. The maximum absolute atomic E-state index is 11.4. The zero-order valence-electron chi connectivity index (χ0n) is 8.03. The van der Waals surface area contributed by atoms with E-state index in [1.54, 1.807) is 11.8 Å². The second-order valence-corrected chi connectivity index (χ2v) is 3.42. The number of rotatable bonds is 2. The number of carbonyl (C=O) groups excluding carboxylic acids is 1. The Morgan fingerprint density at radius 1 is 1.46 bits per heavy atom. The monoisotopic (exact) mass is 187 g/mol. The summed E-state index contributed by atoms with van der Waals surface area (Å²) in [5.41, 5.74) is 0. The summed E-state index contributed by atoms with van der Waals surface area (Å²) in [6.45, 7) is 3.15. The fourth-order valence-electron chi connectivity index (χ4n) is 1.36. The third-order valence-electron chi connectivity index (χ3n) is 2.17. The van der Waals surface area contributed by atoms with Crippen LogP contribution in [0.1, 0.15) is 26.2 Å². The van der Waals surface area contributed by atoms with Crippen molar-refractivity contribution in [2.75, 3.05) is 19.7 Å². The second kappa shape index (κ2) is 5.07. The number of carbonyl (C=O) groups is 1. The summed E-state index contributed by atoms with van der Waals surface area (Å²) in [5, 5.41) is 8.69. The first kappa shape index (κ1) is 10.3. The van der Waals surface area contributed by atoms with Gasteiger partial charge in [0.05, 0.1) is 6.61 Å². The highest BCUT2D eigenvalue weighted by molar-refractivity contribution is 5.67. The van der Waals surface area contributed by atoms with E-state index in [9.17, 15) is 4.79 Å². The SMILES string of the molecule is CC(CO)OC(=O)N1CCCCC1. The molecule has 0 aromatic rings. The molecule has 0 aromatic carbocycles. The van der Waals surface area contributed by atoms with Crippen molar-refractivity contribution in [2.45, 2.75) is 32.3 Å². The summed E-state index contributed by atoms with van der Waals surface area (Å²) in [6, 6.07) is 0. The molecular weight excluding hydrogens is 170 g/mol. The summed E-state index contributed by atoms with van der Waals surface area (Å²) in [4.78, 5) is 13.1. The fourth-order valence-corrected chi connectivity index (χ4v) is 1.36. The first-order chi connectivity index (χ1) is 6.24. The van der Waals surface area contributed by atoms with Crippen molar-refractivity contribution in [1.29, 1.82) is 0 Å². The molecule has 1 heterocycles. The van der Waals surface area contributed by atoms with Gasteiger partial charge in [-0.05, 0) is 26.2 Å². The van der Waals surface area contributed by atoms with Crippen LogP contribution in [0, 0.1) is 0 Å². The first-order valence-corrected chi connectivity index (χ1v) is 4.80. The maximum atomic E-state index is 11.4. The lowest BCUT2D eigenvalue weighted by Gasteiger charge is -2.26. The van der Waals surface area contributed by atoms with E-state index in [2.05, 4.69) is 0 Å². The predicted octanol–water partition coefficient (Wildman–Crippen LogP) is 0.990. The summed E-state index contributed by atoms with van der Waals surface area (Å²) in [5.74, 6) is 0. The van der Waals surface area contributed by atoms with Gasteiger partial charge >= 0.3 is 6.09 Å². The molecule has 4 nitrogen and oxygen atoms in total. The Bertz CT molecular complexity index is 166. The minimum Gasteiger partial charge on any atom is -0.444 e. The smallest absolute Gasteiger partial charge is 0.410 e. The molecule has 13 heavy (non-hydrogen) atoms. The minimum absolute atomic E-state index is 0.112. The van der Waals surface area contributed by atoms with Gasteiger partial charge < -0.3 is 14.7 Å². The number of aliphatic hydroxyl groups excluding tert-OH is 1. The Hall–Kier alpha value is -0.770. The van der Waals surface area contributed by atoms with Crippen LogP contribution in [-0.4, -0.2) is 41.9 Å². The van der Waals surface area contributed by atoms with Crippen molar-refractivity contribution in [2.24, 2.45) is 0 Å². The van der Waals surface area contributed by atoms with Gasteiger partial charge in [0, 0.05) is 13.1 Å². The highest BCUT2D eigenvalue weighted by Crippen LogP contribution is 2.10. The zero-order chi connectivity index (χ0) is 9.68. The molecule has 1 N–H and O–H groups in total. The van der Waals surface area contributed by atoms with Crippen molar-refractivity contribution in [3.63, 3.8) is 0 Å². The van der Waals surface area contributed by atoms with Crippen LogP contribution in [-0.2, 0) is 4.74 Å². The zero-order valence-corrected chi connectivity index (χ0v) is 8.03. The van der Waals surface area contributed by atoms with Crippen molar-refractivity contribution in [3.8, 4) is 0 Å². The molecule has 1 aliphatic heterocycles.